The van der Waals surface area contributed by atoms with Gasteiger partial charge < -0.3 is 9.84 Å². The summed E-state index contributed by atoms with van der Waals surface area (Å²) in [6.45, 7) is 12.0. The van der Waals surface area contributed by atoms with E-state index in [1.807, 2.05) is 48.2 Å². The van der Waals surface area contributed by atoms with E-state index in [0.29, 0.717) is 41.7 Å². The first-order valence-electron chi connectivity index (χ1n) is 16.1. The molecule has 2 aromatic carbocycles. The highest BCUT2D eigenvalue weighted by atomic mass is 19.4. The fourth-order valence-electron chi connectivity index (χ4n) is 6.00. The molecular formula is C37H41F5N4O3. The average Bonchev–Trinajstić information content (AvgIpc) is 3.52. The zero-order chi connectivity index (χ0) is 35.8. The van der Waals surface area contributed by atoms with Gasteiger partial charge in [-0.2, -0.15) is 18.3 Å². The van der Waals surface area contributed by atoms with Gasteiger partial charge in [-0.05, 0) is 74.0 Å². The van der Waals surface area contributed by atoms with Gasteiger partial charge in [0, 0.05) is 12.0 Å². The maximum absolute atomic E-state index is 14.1. The van der Waals surface area contributed by atoms with Crippen LogP contribution in [-0.4, -0.2) is 57.0 Å². The minimum Gasteiger partial charge on any atom is -0.488 e. The summed E-state index contributed by atoms with van der Waals surface area (Å²) in [7, 11) is 0. The first kappa shape index (κ1) is 37.2. The Morgan fingerprint density at radius 2 is 1.80 bits per heavy atom. The van der Waals surface area contributed by atoms with Crippen LogP contribution in [-0.2, 0) is 19.2 Å². The average molecular weight is 685 g/mol. The van der Waals surface area contributed by atoms with E-state index in [-0.39, 0.29) is 31.2 Å². The van der Waals surface area contributed by atoms with Crippen molar-refractivity contribution in [2.75, 3.05) is 19.6 Å². The van der Waals surface area contributed by atoms with E-state index in [0.717, 1.165) is 36.0 Å². The van der Waals surface area contributed by atoms with Gasteiger partial charge in [0.05, 0.1) is 18.5 Å². The van der Waals surface area contributed by atoms with Crippen molar-refractivity contribution in [2.45, 2.75) is 70.6 Å². The Labute approximate surface area is 283 Å². The Kier molecular flexibility index (Phi) is 12.3. The SMILES string of the molecule is C=CCC(F)(F)CN1CCC(c2ccc(COc3c(CCC)cccc3C(C=CC)=NC(=C)n3ncc(C(=O)O)c3C(F)(F)F)cc2)CC1. The molecule has 1 aromatic heterocycles. The van der Waals surface area contributed by atoms with Gasteiger partial charge in [0.25, 0.3) is 5.92 Å². The lowest BCUT2D eigenvalue weighted by molar-refractivity contribution is -0.143. The van der Waals surface area contributed by atoms with Crippen LogP contribution in [0.1, 0.15) is 83.8 Å². The van der Waals surface area contributed by atoms with Gasteiger partial charge in [0.1, 0.15) is 23.7 Å². The number of likely N-dealkylation sites (tertiary alicyclic amines) is 1. The van der Waals surface area contributed by atoms with Gasteiger partial charge in [0.2, 0.25) is 0 Å². The second-order valence-electron chi connectivity index (χ2n) is 12.0. The second-order valence-corrected chi connectivity index (χ2v) is 12.0. The van der Waals surface area contributed by atoms with E-state index < -0.39 is 35.1 Å². The normalized spacial score (nSPS) is 15.1. The Bertz CT molecular complexity index is 1680. The molecule has 7 nitrogen and oxygen atoms in total. The summed E-state index contributed by atoms with van der Waals surface area (Å²) in [6.07, 6.45) is 2.86. The number of aryl methyl sites for hydroxylation is 1. The third-order valence-corrected chi connectivity index (χ3v) is 8.30. The molecule has 1 N–H and O–H groups in total. The molecular weight excluding hydrogens is 643 g/mol. The summed E-state index contributed by atoms with van der Waals surface area (Å²) >= 11 is 0. The predicted molar refractivity (Wildman–Crippen MR) is 180 cm³/mol. The number of carboxylic acids is 1. The summed E-state index contributed by atoms with van der Waals surface area (Å²) in [5.41, 5.74) is 1.19. The maximum Gasteiger partial charge on any atom is 0.434 e. The van der Waals surface area contributed by atoms with Crippen LogP contribution in [0.25, 0.3) is 5.82 Å². The first-order valence-corrected chi connectivity index (χ1v) is 16.1. The van der Waals surface area contributed by atoms with Crippen LogP contribution in [0.2, 0.25) is 0 Å². The molecule has 49 heavy (non-hydrogen) atoms. The molecule has 1 fully saturated rings. The summed E-state index contributed by atoms with van der Waals surface area (Å²) in [4.78, 5) is 17.7. The number of hydrogen-bond acceptors (Lipinski definition) is 5. The van der Waals surface area contributed by atoms with Crippen LogP contribution < -0.4 is 4.74 Å². The number of allylic oxidation sites excluding steroid dienone is 3. The molecule has 0 bridgehead atoms. The van der Waals surface area contributed by atoms with Crippen LogP contribution in [0.5, 0.6) is 5.75 Å². The van der Waals surface area contributed by atoms with Gasteiger partial charge in [-0.3, -0.25) is 4.90 Å². The van der Waals surface area contributed by atoms with E-state index in [1.165, 1.54) is 6.08 Å². The summed E-state index contributed by atoms with van der Waals surface area (Å²) in [5, 5.41) is 12.9. The van der Waals surface area contributed by atoms with E-state index in [9.17, 15) is 31.9 Å². The smallest absolute Gasteiger partial charge is 0.434 e. The Hall–Kier alpha value is -4.58. The number of alkyl halides is 5. The van der Waals surface area contributed by atoms with Crippen molar-refractivity contribution in [1.29, 1.82) is 0 Å². The van der Waals surface area contributed by atoms with Gasteiger partial charge in [0.15, 0.2) is 5.69 Å². The molecule has 262 valence electrons. The Balaban J connectivity index is 1.55. The predicted octanol–water partition coefficient (Wildman–Crippen LogP) is 9.02. The monoisotopic (exact) mass is 684 g/mol. The first-order chi connectivity index (χ1) is 23.3. The van der Waals surface area contributed by atoms with Gasteiger partial charge in [-0.15, -0.1) is 6.58 Å². The van der Waals surface area contributed by atoms with Crippen LogP contribution in [0.15, 0.2) is 85.0 Å². The van der Waals surface area contributed by atoms with Crippen molar-refractivity contribution in [3.63, 3.8) is 0 Å². The van der Waals surface area contributed by atoms with Crippen molar-refractivity contribution in [3.8, 4) is 5.75 Å². The van der Waals surface area contributed by atoms with Gasteiger partial charge in [-0.25, -0.2) is 23.2 Å². The minimum absolute atomic E-state index is 0.203. The highest BCUT2D eigenvalue weighted by Crippen LogP contribution is 2.35. The molecule has 2 heterocycles. The fraction of sp³-hybridized carbons (Fsp3) is 0.378. The Morgan fingerprint density at radius 3 is 2.39 bits per heavy atom. The van der Waals surface area contributed by atoms with Crippen molar-refractivity contribution in [2.24, 2.45) is 4.99 Å². The second kappa shape index (κ2) is 16.2. The van der Waals surface area contributed by atoms with Crippen molar-refractivity contribution in [1.82, 2.24) is 14.7 Å². The number of aromatic nitrogens is 2. The van der Waals surface area contributed by atoms with Crippen LogP contribution in [0.3, 0.4) is 0 Å². The van der Waals surface area contributed by atoms with Gasteiger partial charge in [-0.1, -0.05) is 68.5 Å². The molecule has 0 saturated carbocycles. The number of rotatable bonds is 15. The molecule has 1 saturated heterocycles. The zero-order valence-corrected chi connectivity index (χ0v) is 27.6. The summed E-state index contributed by atoms with van der Waals surface area (Å²) in [5.74, 6) is -4.19. The molecule has 1 aliphatic rings. The highest BCUT2D eigenvalue weighted by molar-refractivity contribution is 6.12. The largest absolute Gasteiger partial charge is 0.488 e. The molecule has 0 spiro atoms. The van der Waals surface area contributed by atoms with Gasteiger partial charge >= 0.3 is 12.1 Å². The summed E-state index contributed by atoms with van der Waals surface area (Å²) in [6, 6.07) is 13.5. The number of ether oxygens (including phenoxy) is 1. The molecule has 4 rings (SSSR count). The number of nitrogens with zero attached hydrogens (tertiary/aromatic N) is 4. The van der Waals surface area contributed by atoms with Crippen molar-refractivity contribution < 1.29 is 36.6 Å². The minimum atomic E-state index is -5.02. The molecule has 0 radical (unpaired) electrons. The van der Waals surface area contributed by atoms with Crippen molar-refractivity contribution >= 4 is 17.5 Å². The van der Waals surface area contributed by atoms with E-state index >= 15 is 0 Å². The molecule has 0 unspecified atom stereocenters. The lowest BCUT2D eigenvalue weighted by Gasteiger charge is -2.34. The fourth-order valence-corrected chi connectivity index (χ4v) is 6.00. The maximum atomic E-state index is 14.1. The molecule has 0 atom stereocenters. The molecule has 1 aliphatic heterocycles. The summed E-state index contributed by atoms with van der Waals surface area (Å²) < 4.78 is 76.5. The standard InChI is InChI=1S/C37H41F5N4O3/c1-5-9-29-11-8-12-30(32(10-6-2)44-25(4)46-34(37(40,41)42)31(22-43-46)35(47)48)33(29)49-23-26-13-15-27(16-14-26)28-17-20-45(21-18-28)24-36(38,39)19-7-3/h6-8,10-16,22,28H,3-5,9,17-21,23-24H2,1-2H3,(H,47,48). The van der Waals surface area contributed by atoms with Crippen LogP contribution >= 0.6 is 0 Å². The lowest BCUT2D eigenvalue weighted by atomic mass is 9.89. The number of benzene rings is 2. The Morgan fingerprint density at radius 1 is 1.10 bits per heavy atom. The van der Waals surface area contributed by atoms with E-state index in [4.69, 9.17) is 4.74 Å². The molecule has 12 heteroatoms. The lowest BCUT2D eigenvalue weighted by Crippen LogP contribution is -2.41. The number of para-hydroxylation sites is 1. The number of carbonyl (C=O) groups is 1. The van der Waals surface area contributed by atoms with E-state index in [2.05, 4.69) is 23.2 Å². The molecule has 0 aliphatic carbocycles. The zero-order valence-electron chi connectivity index (χ0n) is 27.6. The molecule has 3 aromatic rings. The topological polar surface area (TPSA) is 80.0 Å². The van der Waals surface area contributed by atoms with Crippen LogP contribution in [0.4, 0.5) is 22.0 Å². The third kappa shape index (κ3) is 9.53. The number of piperidine rings is 1. The number of hydrogen-bond donors (Lipinski definition) is 1. The quantitative estimate of drug-likeness (QED) is 0.0982. The van der Waals surface area contributed by atoms with E-state index in [1.54, 1.807) is 25.1 Å². The highest BCUT2D eigenvalue weighted by Gasteiger charge is 2.41. The van der Waals surface area contributed by atoms with Crippen LogP contribution in [0, 0.1) is 0 Å². The number of aliphatic imine (C=N–C) groups is 1. The number of halogens is 5. The number of aromatic carboxylic acids is 1. The van der Waals surface area contributed by atoms with Crippen molar-refractivity contribution in [3.05, 3.63) is 114 Å². The third-order valence-electron chi connectivity index (χ3n) is 8.30. The molecule has 0 amide bonds. The number of carboxylic acid groups (broad SMARTS) is 1.